The van der Waals surface area contributed by atoms with Crippen LogP contribution in [0.2, 0.25) is 0 Å². The number of hydrogen-bond donors (Lipinski definition) is 1. The van der Waals surface area contributed by atoms with E-state index in [9.17, 15) is 8.78 Å². The molecule has 1 aromatic rings. The highest BCUT2D eigenvalue weighted by Gasteiger charge is 2.15. The number of halogens is 2. The van der Waals surface area contributed by atoms with E-state index in [2.05, 4.69) is 12.2 Å². The lowest BCUT2D eigenvalue weighted by Crippen LogP contribution is -2.24. The summed E-state index contributed by atoms with van der Waals surface area (Å²) in [6.45, 7) is 0.767. The maximum Gasteiger partial charge on any atom is 0.150 e. The van der Waals surface area contributed by atoms with E-state index < -0.39 is 11.6 Å². The van der Waals surface area contributed by atoms with Gasteiger partial charge in [-0.2, -0.15) is 0 Å². The van der Waals surface area contributed by atoms with Gasteiger partial charge in [-0.05, 0) is 12.1 Å². The number of hydrogen-bond acceptors (Lipinski definition) is 3. The molecule has 0 aliphatic carbocycles. The van der Waals surface area contributed by atoms with E-state index in [4.69, 9.17) is 10.5 Å². The Morgan fingerprint density at radius 3 is 2.35 bits per heavy atom. The highest BCUT2D eigenvalue weighted by Crippen LogP contribution is 2.23. The number of rotatable bonds is 5. The van der Waals surface area contributed by atoms with Crippen molar-refractivity contribution in [3.05, 3.63) is 29.3 Å². The summed E-state index contributed by atoms with van der Waals surface area (Å²) in [5, 5.41) is 0. The molecule has 0 atom stereocenters. The number of benzene rings is 1. The molecule has 0 radical (unpaired) electrons. The van der Waals surface area contributed by atoms with E-state index in [1.165, 1.54) is 12.0 Å². The number of likely N-dealkylation sites (N-methyl/N-ethyl adjacent to an activating group) is 1. The third-order valence-corrected chi connectivity index (χ3v) is 2.55. The Kier molecular flexibility index (Phi) is 4.77. The van der Waals surface area contributed by atoms with Gasteiger partial charge in [0.1, 0.15) is 22.3 Å². The molecule has 94 valence electrons. The zero-order valence-corrected chi connectivity index (χ0v) is 10.5. The zero-order chi connectivity index (χ0) is 13.0. The molecule has 6 heteroatoms. The molecule has 1 rings (SSSR count). The Morgan fingerprint density at radius 2 is 1.94 bits per heavy atom. The smallest absolute Gasteiger partial charge is 0.150 e. The molecule has 0 aliphatic rings. The summed E-state index contributed by atoms with van der Waals surface area (Å²) in [7, 11) is 3.11. The number of nitrogens with two attached hydrogens (primary N) is 1. The van der Waals surface area contributed by atoms with E-state index in [0.29, 0.717) is 13.2 Å². The Bertz CT molecular complexity index is 403. The zero-order valence-electron chi connectivity index (χ0n) is 9.67. The molecular weight excluding hydrogens is 246 g/mol. The van der Waals surface area contributed by atoms with Crippen molar-refractivity contribution in [3.8, 4) is 0 Å². The van der Waals surface area contributed by atoms with Gasteiger partial charge in [0.15, 0.2) is 0 Å². The molecule has 0 aliphatic heterocycles. The van der Waals surface area contributed by atoms with Crippen molar-refractivity contribution in [2.24, 2.45) is 5.73 Å². The Labute approximate surface area is 104 Å². The lowest BCUT2D eigenvalue weighted by molar-refractivity contribution is 0.206. The van der Waals surface area contributed by atoms with Gasteiger partial charge < -0.3 is 15.4 Å². The first kappa shape index (κ1) is 13.8. The van der Waals surface area contributed by atoms with E-state index in [-0.39, 0.29) is 16.2 Å². The van der Waals surface area contributed by atoms with E-state index in [1.807, 2.05) is 0 Å². The summed E-state index contributed by atoms with van der Waals surface area (Å²) in [6.07, 6.45) is 0. The van der Waals surface area contributed by atoms with Crippen molar-refractivity contribution in [1.82, 2.24) is 0 Å². The first-order chi connectivity index (χ1) is 7.97. The number of ether oxygens (including phenoxy) is 1. The minimum absolute atomic E-state index is 0.0334. The highest BCUT2D eigenvalue weighted by atomic mass is 32.1. The molecule has 0 saturated carbocycles. The number of thiocarbonyl (C=S) groups is 1. The van der Waals surface area contributed by atoms with Crippen molar-refractivity contribution < 1.29 is 13.5 Å². The minimum Gasteiger partial charge on any atom is -0.389 e. The summed E-state index contributed by atoms with van der Waals surface area (Å²) >= 11 is 4.67. The first-order valence-electron chi connectivity index (χ1n) is 4.96. The van der Waals surface area contributed by atoms with Crippen LogP contribution in [0.1, 0.15) is 5.56 Å². The SMILES string of the molecule is COCCN(C)c1c(F)cc(C(N)=S)cc1F. The van der Waals surface area contributed by atoms with Crippen molar-refractivity contribution >= 4 is 22.9 Å². The average Bonchev–Trinajstić information content (AvgIpc) is 2.25. The third kappa shape index (κ3) is 3.34. The summed E-state index contributed by atoms with van der Waals surface area (Å²) < 4.78 is 32.3. The van der Waals surface area contributed by atoms with Crippen molar-refractivity contribution in [3.63, 3.8) is 0 Å². The number of nitrogens with zero attached hydrogens (tertiary/aromatic N) is 1. The number of methoxy groups -OCH3 is 1. The summed E-state index contributed by atoms with van der Waals surface area (Å²) in [6, 6.07) is 2.26. The lowest BCUT2D eigenvalue weighted by atomic mass is 10.1. The first-order valence-corrected chi connectivity index (χ1v) is 5.37. The molecule has 0 aromatic heterocycles. The Balaban J connectivity index is 3.04. The van der Waals surface area contributed by atoms with E-state index in [0.717, 1.165) is 12.1 Å². The Morgan fingerprint density at radius 1 is 1.41 bits per heavy atom. The third-order valence-electron chi connectivity index (χ3n) is 2.31. The largest absolute Gasteiger partial charge is 0.389 e. The van der Waals surface area contributed by atoms with Crippen LogP contribution in [0.15, 0.2) is 12.1 Å². The van der Waals surface area contributed by atoms with Crippen LogP contribution in [0.3, 0.4) is 0 Å². The van der Waals surface area contributed by atoms with Crippen molar-refractivity contribution in [2.75, 3.05) is 32.2 Å². The standard InChI is InChI=1S/C11H14F2N2OS/c1-15(3-4-16-2)10-8(12)5-7(11(14)17)6-9(10)13/h5-6H,3-4H2,1-2H3,(H2,14,17). The van der Waals surface area contributed by atoms with Crippen LogP contribution in [0.25, 0.3) is 0 Å². The van der Waals surface area contributed by atoms with Gasteiger partial charge in [0.2, 0.25) is 0 Å². The molecule has 17 heavy (non-hydrogen) atoms. The second-order valence-corrected chi connectivity index (χ2v) is 4.01. The fourth-order valence-corrected chi connectivity index (χ4v) is 1.53. The van der Waals surface area contributed by atoms with Gasteiger partial charge >= 0.3 is 0 Å². The second-order valence-electron chi connectivity index (χ2n) is 3.57. The fourth-order valence-electron chi connectivity index (χ4n) is 1.41. The van der Waals surface area contributed by atoms with Gasteiger partial charge in [0.05, 0.1) is 6.61 Å². The van der Waals surface area contributed by atoms with Gasteiger partial charge in [-0.1, -0.05) is 12.2 Å². The van der Waals surface area contributed by atoms with Crippen LogP contribution >= 0.6 is 12.2 Å². The summed E-state index contributed by atoms with van der Waals surface area (Å²) in [4.78, 5) is 1.41. The monoisotopic (exact) mass is 260 g/mol. The molecule has 0 fully saturated rings. The molecule has 1 aromatic carbocycles. The van der Waals surface area contributed by atoms with E-state index >= 15 is 0 Å². The van der Waals surface area contributed by atoms with Crippen molar-refractivity contribution in [1.29, 1.82) is 0 Å². The van der Waals surface area contributed by atoms with Gasteiger partial charge in [0.25, 0.3) is 0 Å². The van der Waals surface area contributed by atoms with Gasteiger partial charge in [-0.25, -0.2) is 8.78 Å². The second kappa shape index (κ2) is 5.88. The van der Waals surface area contributed by atoms with Gasteiger partial charge in [-0.3, -0.25) is 0 Å². The predicted molar refractivity (Wildman–Crippen MR) is 67.4 cm³/mol. The number of anilines is 1. The quantitative estimate of drug-likeness (QED) is 0.818. The van der Waals surface area contributed by atoms with E-state index in [1.54, 1.807) is 7.05 Å². The molecule has 3 nitrogen and oxygen atoms in total. The predicted octanol–water partition coefficient (Wildman–Crippen LogP) is 1.68. The van der Waals surface area contributed by atoms with Crippen LogP contribution in [0.5, 0.6) is 0 Å². The molecule has 0 unspecified atom stereocenters. The normalized spacial score (nSPS) is 10.4. The molecule has 0 saturated heterocycles. The van der Waals surface area contributed by atoms with Crippen LogP contribution in [0.4, 0.5) is 14.5 Å². The van der Waals surface area contributed by atoms with Crippen LogP contribution in [0, 0.1) is 11.6 Å². The molecule has 2 N–H and O–H groups in total. The van der Waals surface area contributed by atoms with Gasteiger partial charge in [-0.15, -0.1) is 0 Å². The maximum atomic E-state index is 13.7. The summed E-state index contributed by atoms with van der Waals surface area (Å²) in [5.74, 6) is -1.38. The average molecular weight is 260 g/mol. The molecular formula is C11H14F2N2OS. The molecule has 0 bridgehead atoms. The fraction of sp³-hybridized carbons (Fsp3) is 0.364. The van der Waals surface area contributed by atoms with Crippen LogP contribution in [-0.4, -0.2) is 32.3 Å². The van der Waals surface area contributed by atoms with Crippen LogP contribution in [-0.2, 0) is 4.74 Å². The topological polar surface area (TPSA) is 38.5 Å². The molecule has 0 spiro atoms. The molecule has 0 amide bonds. The lowest BCUT2D eigenvalue weighted by Gasteiger charge is -2.20. The minimum atomic E-state index is -0.689. The van der Waals surface area contributed by atoms with Gasteiger partial charge in [0, 0.05) is 26.3 Å². The Hall–Kier alpha value is -1.27. The van der Waals surface area contributed by atoms with Crippen molar-refractivity contribution in [2.45, 2.75) is 0 Å². The highest BCUT2D eigenvalue weighted by molar-refractivity contribution is 7.80. The van der Waals surface area contributed by atoms with Crippen LogP contribution < -0.4 is 10.6 Å². The molecule has 0 heterocycles. The maximum absolute atomic E-state index is 13.7. The summed E-state index contributed by atoms with van der Waals surface area (Å²) in [5.41, 5.74) is 5.39.